The van der Waals surface area contributed by atoms with Gasteiger partial charge < -0.3 is 9.84 Å². The first kappa shape index (κ1) is 19.8. The van der Waals surface area contributed by atoms with Gasteiger partial charge in [0, 0.05) is 31.6 Å². The fourth-order valence-corrected chi connectivity index (χ4v) is 4.93. The Morgan fingerprint density at radius 2 is 2.07 bits per heavy atom. The van der Waals surface area contributed by atoms with Gasteiger partial charge in [0.1, 0.15) is 4.90 Å². The van der Waals surface area contributed by atoms with E-state index >= 15 is 0 Å². The van der Waals surface area contributed by atoms with E-state index in [1.165, 1.54) is 16.4 Å². The van der Waals surface area contributed by atoms with E-state index in [0.29, 0.717) is 43.3 Å². The number of hydrogen-bond donors (Lipinski definition) is 1. The van der Waals surface area contributed by atoms with Crippen LogP contribution in [-0.4, -0.2) is 41.9 Å². The average molecular weight is 413 g/mol. The van der Waals surface area contributed by atoms with Gasteiger partial charge in [-0.3, -0.25) is 4.79 Å². The van der Waals surface area contributed by atoms with E-state index in [-0.39, 0.29) is 22.2 Å². The molecule has 0 saturated carbocycles. The van der Waals surface area contributed by atoms with Gasteiger partial charge in [0.25, 0.3) is 0 Å². The Kier molecular flexibility index (Phi) is 6.13. The lowest BCUT2D eigenvalue weighted by Crippen LogP contribution is -2.28. The van der Waals surface area contributed by atoms with E-state index in [0.717, 1.165) is 12.8 Å². The Balaban J connectivity index is 1.62. The van der Waals surface area contributed by atoms with Crippen LogP contribution in [0.3, 0.4) is 0 Å². The minimum atomic E-state index is -3.66. The molecule has 1 amide bonds. The topological polar surface area (TPSA) is 105 Å². The highest BCUT2D eigenvalue weighted by Gasteiger charge is 2.29. The molecule has 2 aromatic rings. The van der Waals surface area contributed by atoms with Crippen molar-refractivity contribution in [2.45, 2.75) is 43.9 Å². The fourth-order valence-electron chi connectivity index (χ4n) is 2.91. The van der Waals surface area contributed by atoms with Crippen LogP contribution in [0.4, 0.5) is 5.69 Å². The third-order valence-corrected chi connectivity index (χ3v) is 6.64. The highest BCUT2D eigenvalue weighted by atomic mass is 35.5. The molecule has 0 spiro atoms. The molecule has 27 heavy (non-hydrogen) atoms. The number of amides is 1. The van der Waals surface area contributed by atoms with Crippen LogP contribution in [-0.2, 0) is 21.2 Å². The normalized spacial score (nSPS) is 15.2. The Bertz CT molecular complexity index is 923. The highest BCUT2D eigenvalue weighted by Crippen LogP contribution is 2.29. The Hall–Kier alpha value is -1.97. The van der Waals surface area contributed by atoms with Gasteiger partial charge in [-0.05, 0) is 44.4 Å². The molecule has 2 heterocycles. The van der Waals surface area contributed by atoms with Gasteiger partial charge in [-0.1, -0.05) is 16.8 Å². The molecule has 0 radical (unpaired) electrons. The van der Waals surface area contributed by atoms with Gasteiger partial charge in [0.05, 0.1) is 5.02 Å². The first-order valence-corrected chi connectivity index (χ1v) is 10.6. The third kappa shape index (κ3) is 4.85. The van der Waals surface area contributed by atoms with Crippen molar-refractivity contribution in [2.75, 3.05) is 18.4 Å². The summed E-state index contributed by atoms with van der Waals surface area (Å²) in [6.07, 6.45) is 2.97. The number of rotatable bonds is 7. The molecule has 0 bridgehead atoms. The highest BCUT2D eigenvalue weighted by molar-refractivity contribution is 7.89. The van der Waals surface area contributed by atoms with Crippen molar-refractivity contribution in [3.63, 3.8) is 0 Å². The zero-order valence-corrected chi connectivity index (χ0v) is 16.5. The summed E-state index contributed by atoms with van der Waals surface area (Å²) in [4.78, 5) is 16.2. The van der Waals surface area contributed by atoms with Crippen LogP contribution in [0, 0.1) is 6.92 Å². The number of hydrogen-bond acceptors (Lipinski definition) is 6. The maximum Gasteiger partial charge on any atom is 0.244 e. The Morgan fingerprint density at radius 1 is 1.33 bits per heavy atom. The lowest BCUT2D eigenvalue weighted by Gasteiger charge is -2.17. The number of nitrogens with one attached hydrogen (secondary N) is 1. The van der Waals surface area contributed by atoms with E-state index < -0.39 is 10.0 Å². The standard InChI is InChI=1S/C17H21ClN4O4S/c1-12-19-17(26-21-12)6-4-5-16(23)20-13-7-8-14(18)15(11-13)27(24,25)22-9-2-3-10-22/h7-8,11H,2-6,9-10H2,1H3,(H,20,23). The number of benzene rings is 1. The third-order valence-electron chi connectivity index (χ3n) is 4.26. The molecule has 1 aliphatic heterocycles. The van der Waals surface area contributed by atoms with Crippen LogP contribution in [0.25, 0.3) is 0 Å². The molecular formula is C17H21ClN4O4S. The number of carbonyl (C=O) groups is 1. The Labute approximate surface area is 162 Å². The quantitative estimate of drug-likeness (QED) is 0.749. The van der Waals surface area contributed by atoms with Crippen LogP contribution in [0.15, 0.2) is 27.6 Å². The van der Waals surface area contributed by atoms with Crippen molar-refractivity contribution < 1.29 is 17.7 Å². The van der Waals surface area contributed by atoms with Gasteiger partial charge in [-0.15, -0.1) is 0 Å². The summed E-state index contributed by atoms with van der Waals surface area (Å²) in [5, 5.41) is 6.56. The number of aryl methyl sites for hydroxylation is 2. The number of aromatic nitrogens is 2. The van der Waals surface area contributed by atoms with Gasteiger partial charge in [-0.25, -0.2) is 8.42 Å². The molecule has 146 valence electrons. The SMILES string of the molecule is Cc1noc(CCCC(=O)Nc2ccc(Cl)c(S(=O)(=O)N3CCCC3)c2)n1. The van der Waals surface area contributed by atoms with E-state index in [4.69, 9.17) is 16.1 Å². The molecule has 1 saturated heterocycles. The van der Waals surface area contributed by atoms with Gasteiger partial charge in [0.15, 0.2) is 5.82 Å². The van der Waals surface area contributed by atoms with Crippen LogP contribution < -0.4 is 5.32 Å². The molecule has 0 unspecified atom stereocenters. The largest absolute Gasteiger partial charge is 0.339 e. The second-order valence-electron chi connectivity index (χ2n) is 6.39. The molecule has 1 N–H and O–H groups in total. The molecule has 10 heteroatoms. The van der Waals surface area contributed by atoms with Crippen LogP contribution >= 0.6 is 11.6 Å². The summed E-state index contributed by atoms with van der Waals surface area (Å²) in [6, 6.07) is 4.49. The van der Waals surface area contributed by atoms with Crippen LogP contribution in [0.5, 0.6) is 0 Å². The van der Waals surface area contributed by atoms with Crippen molar-refractivity contribution in [3.05, 3.63) is 34.9 Å². The lowest BCUT2D eigenvalue weighted by atomic mass is 10.2. The van der Waals surface area contributed by atoms with E-state index in [9.17, 15) is 13.2 Å². The molecule has 1 aromatic carbocycles. The number of carbonyl (C=O) groups excluding carboxylic acids is 1. The molecule has 3 rings (SSSR count). The number of sulfonamides is 1. The monoisotopic (exact) mass is 412 g/mol. The maximum absolute atomic E-state index is 12.7. The number of nitrogens with zero attached hydrogens (tertiary/aromatic N) is 3. The Morgan fingerprint density at radius 3 is 2.74 bits per heavy atom. The summed E-state index contributed by atoms with van der Waals surface area (Å²) in [5.74, 6) is 0.825. The molecule has 0 aliphatic carbocycles. The molecule has 8 nitrogen and oxygen atoms in total. The summed E-state index contributed by atoms with van der Waals surface area (Å²) in [6.45, 7) is 2.71. The molecule has 1 aliphatic rings. The van der Waals surface area contributed by atoms with E-state index in [1.54, 1.807) is 13.0 Å². The zero-order valence-electron chi connectivity index (χ0n) is 14.9. The number of anilines is 1. The van der Waals surface area contributed by atoms with E-state index in [1.807, 2.05) is 0 Å². The minimum absolute atomic E-state index is 0.0187. The van der Waals surface area contributed by atoms with Crippen molar-refractivity contribution in [1.29, 1.82) is 0 Å². The first-order chi connectivity index (χ1) is 12.9. The first-order valence-electron chi connectivity index (χ1n) is 8.75. The van der Waals surface area contributed by atoms with E-state index in [2.05, 4.69) is 15.5 Å². The lowest BCUT2D eigenvalue weighted by molar-refractivity contribution is -0.116. The summed E-state index contributed by atoms with van der Waals surface area (Å²) >= 11 is 6.11. The second kappa shape index (κ2) is 8.37. The molecule has 1 aromatic heterocycles. The van der Waals surface area contributed by atoms with Gasteiger partial charge >= 0.3 is 0 Å². The van der Waals surface area contributed by atoms with Crippen molar-refractivity contribution >= 4 is 33.2 Å². The molecular weight excluding hydrogens is 392 g/mol. The molecule has 1 fully saturated rings. The number of halogens is 1. The summed E-state index contributed by atoms with van der Waals surface area (Å²) in [7, 11) is -3.66. The van der Waals surface area contributed by atoms with Crippen molar-refractivity contribution in [2.24, 2.45) is 0 Å². The zero-order chi connectivity index (χ0) is 19.4. The van der Waals surface area contributed by atoms with Gasteiger partial charge in [-0.2, -0.15) is 9.29 Å². The summed E-state index contributed by atoms with van der Waals surface area (Å²) < 4.78 is 31.9. The average Bonchev–Trinajstić information content (AvgIpc) is 3.29. The second-order valence-corrected chi connectivity index (χ2v) is 8.71. The predicted molar refractivity (Wildman–Crippen MR) is 100 cm³/mol. The maximum atomic E-state index is 12.7. The predicted octanol–water partition coefficient (Wildman–Crippen LogP) is 2.78. The summed E-state index contributed by atoms with van der Waals surface area (Å²) in [5.41, 5.74) is 0.399. The van der Waals surface area contributed by atoms with Crippen molar-refractivity contribution in [1.82, 2.24) is 14.4 Å². The smallest absolute Gasteiger partial charge is 0.244 e. The van der Waals surface area contributed by atoms with Crippen molar-refractivity contribution in [3.8, 4) is 0 Å². The van der Waals surface area contributed by atoms with Crippen LogP contribution in [0.2, 0.25) is 5.02 Å². The molecule has 0 atom stereocenters. The minimum Gasteiger partial charge on any atom is -0.339 e. The fraction of sp³-hybridized carbons (Fsp3) is 0.471. The van der Waals surface area contributed by atoms with Crippen LogP contribution in [0.1, 0.15) is 37.4 Å². The van der Waals surface area contributed by atoms with Gasteiger partial charge in [0.2, 0.25) is 21.8 Å².